The lowest BCUT2D eigenvalue weighted by Crippen LogP contribution is -2.13. The van der Waals surface area contributed by atoms with E-state index in [4.69, 9.17) is 9.15 Å². The first-order chi connectivity index (χ1) is 11.7. The molecule has 2 aromatic carbocycles. The molecule has 0 fully saturated rings. The number of aromatic amines is 1. The van der Waals surface area contributed by atoms with Crippen LogP contribution < -0.4 is 15.7 Å². The quantitative estimate of drug-likeness (QED) is 0.614. The predicted octanol–water partition coefficient (Wildman–Crippen LogP) is 2.71. The molecule has 4 rings (SSSR count). The Morgan fingerprint density at radius 1 is 1.08 bits per heavy atom. The largest absolute Gasteiger partial charge is 0.497 e. The van der Waals surface area contributed by atoms with Gasteiger partial charge in [0.25, 0.3) is 5.56 Å². The van der Waals surface area contributed by atoms with E-state index >= 15 is 0 Å². The maximum absolute atomic E-state index is 12.8. The highest BCUT2D eigenvalue weighted by atomic mass is 16.5. The monoisotopic (exact) mass is 320 g/mol. The number of hydrogen-bond donors (Lipinski definition) is 1. The molecule has 0 aliphatic heterocycles. The van der Waals surface area contributed by atoms with E-state index in [2.05, 4.69) is 9.97 Å². The third-order valence-corrected chi connectivity index (χ3v) is 3.85. The average Bonchev–Trinajstić information content (AvgIpc) is 2.62. The molecular weight excluding hydrogens is 308 g/mol. The maximum atomic E-state index is 12.8. The third-order valence-electron chi connectivity index (χ3n) is 3.85. The predicted molar refractivity (Wildman–Crippen MR) is 90.4 cm³/mol. The van der Waals surface area contributed by atoms with E-state index in [9.17, 15) is 9.59 Å². The van der Waals surface area contributed by atoms with Gasteiger partial charge in [-0.05, 0) is 30.3 Å². The van der Waals surface area contributed by atoms with E-state index in [-0.39, 0.29) is 22.4 Å². The minimum atomic E-state index is -0.305. The van der Waals surface area contributed by atoms with Crippen LogP contribution in [0.5, 0.6) is 5.75 Å². The molecule has 0 unspecified atom stereocenters. The summed E-state index contributed by atoms with van der Waals surface area (Å²) in [5, 5.41) is 0.829. The lowest BCUT2D eigenvalue weighted by atomic mass is 10.1. The summed E-state index contributed by atoms with van der Waals surface area (Å²) in [5.74, 6) is 0.726. The van der Waals surface area contributed by atoms with E-state index in [1.807, 2.05) is 0 Å². The number of rotatable bonds is 2. The van der Waals surface area contributed by atoms with Gasteiger partial charge >= 0.3 is 0 Å². The number of ether oxygens (including phenoxy) is 1. The molecule has 0 saturated heterocycles. The van der Waals surface area contributed by atoms with Crippen LogP contribution in [0.2, 0.25) is 0 Å². The molecule has 6 heteroatoms. The lowest BCUT2D eigenvalue weighted by molar-refractivity contribution is 0.415. The molecule has 0 amide bonds. The highest BCUT2D eigenvalue weighted by molar-refractivity contribution is 5.83. The van der Waals surface area contributed by atoms with Crippen LogP contribution in [-0.4, -0.2) is 17.1 Å². The Balaban J connectivity index is 2.01. The van der Waals surface area contributed by atoms with Crippen molar-refractivity contribution in [3.63, 3.8) is 0 Å². The molecule has 6 nitrogen and oxygen atoms in total. The fourth-order valence-electron chi connectivity index (χ4n) is 2.61. The van der Waals surface area contributed by atoms with Gasteiger partial charge in [0.2, 0.25) is 5.43 Å². The Kier molecular flexibility index (Phi) is 3.16. The highest BCUT2D eigenvalue weighted by Gasteiger charge is 2.13. The summed E-state index contributed by atoms with van der Waals surface area (Å²) < 4.78 is 10.7. The van der Waals surface area contributed by atoms with E-state index in [0.717, 1.165) is 0 Å². The average molecular weight is 320 g/mol. The second-order valence-electron chi connectivity index (χ2n) is 5.27. The van der Waals surface area contributed by atoms with Gasteiger partial charge in [0.05, 0.1) is 23.4 Å². The maximum Gasteiger partial charge on any atom is 0.259 e. The number of aromatic nitrogens is 2. The third kappa shape index (κ3) is 2.16. The summed E-state index contributed by atoms with van der Waals surface area (Å²) >= 11 is 0. The van der Waals surface area contributed by atoms with Gasteiger partial charge in [-0.2, -0.15) is 0 Å². The van der Waals surface area contributed by atoms with Crippen molar-refractivity contribution in [3.05, 3.63) is 69.3 Å². The molecule has 2 heterocycles. The first-order valence-corrected chi connectivity index (χ1v) is 7.26. The highest BCUT2D eigenvalue weighted by Crippen LogP contribution is 2.21. The van der Waals surface area contributed by atoms with Gasteiger partial charge in [-0.3, -0.25) is 9.59 Å². The first-order valence-electron chi connectivity index (χ1n) is 7.26. The minimum Gasteiger partial charge on any atom is -0.497 e. The summed E-state index contributed by atoms with van der Waals surface area (Å²) in [6.07, 6.45) is 1.31. The van der Waals surface area contributed by atoms with Crippen molar-refractivity contribution < 1.29 is 9.15 Å². The molecule has 24 heavy (non-hydrogen) atoms. The smallest absolute Gasteiger partial charge is 0.259 e. The van der Waals surface area contributed by atoms with Gasteiger partial charge in [-0.25, -0.2) is 4.98 Å². The van der Waals surface area contributed by atoms with Crippen molar-refractivity contribution in [1.82, 2.24) is 9.97 Å². The number of fused-ring (bicyclic) bond motifs is 2. The standard InChI is InChI=1S/C18H12N2O4/c1-23-10-6-7-15-12(8-10)16(21)13(9-24-15)17-19-14-5-3-2-4-11(14)18(22)20-17/h2-9H,1H3,(H,19,20,22). The molecule has 0 aliphatic rings. The van der Waals surface area contributed by atoms with Crippen LogP contribution in [0.4, 0.5) is 0 Å². The molecule has 1 N–H and O–H groups in total. The van der Waals surface area contributed by atoms with Crippen molar-refractivity contribution in [2.24, 2.45) is 0 Å². The molecule has 0 aliphatic carbocycles. The number of nitrogens with zero attached hydrogens (tertiary/aromatic N) is 1. The van der Waals surface area contributed by atoms with Crippen LogP contribution in [0.3, 0.4) is 0 Å². The number of nitrogens with one attached hydrogen (secondary N) is 1. The van der Waals surface area contributed by atoms with Crippen molar-refractivity contribution in [1.29, 1.82) is 0 Å². The molecule has 0 bridgehead atoms. The Morgan fingerprint density at radius 3 is 2.75 bits per heavy atom. The van der Waals surface area contributed by atoms with Gasteiger partial charge < -0.3 is 14.1 Å². The van der Waals surface area contributed by atoms with Gasteiger partial charge in [0.1, 0.15) is 29.0 Å². The Bertz CT molecular complexity index is 1190. The zero-order valence-corrected chi connectivity index (χ0v) is 12.7. The summed E-state index contributed by atoms with van der Waals surface area (Å²) in [6.45, 7) is 0. The van der Waals surface area contributed by atoms with Crippen LogP contribution in [-0.2, 0) is 0 Å². The molecule has 4 aromatic rings. The van der Waals surface area contributed by atoms with E-state index in [1.54, 1.807) is 42.5 Å². The van der Waals surface area contributed by atoms with Crippen LogP contribution in [0.1, 0.15) is 0 Å². The van der Waals surface area contributed by atoms with Crippen molar-refractivity contribution in [2.75, 3.05) is 7.11 Å². The number of para-hydroxylation sites is 1. The molecule has 0 saturated carbocycles. The molecule has 0 radical (unpaired) electrons. The number of methoxy groups -OCH3 is 1. The van der Waals surface area contributed by atoms with E-state index in [1.165, 1.54) is 13.4 Å². The fourth-order valence-corrected chi connectivity index (χ4v) is 2.61. The summed E-state index contributed by atoms with van der Waals surface area (Å²) in [4.78, 5) is 32.0. The second-order valence-corrected chi connectivity index (χ2v) is 5.27. The normalized spacial score (nSPS) is 11.0. The minimum absolute atomic E-state index is 0.178. The summed E-state index contributed by atoms with van der Waals surface area (Å²) in [7, 11) is 1.52. The molecular formula is C18H12N2O4. The topological polar surface area (TPSA) is 85.2 Å². The van der Waals surface area contributed by atoms with Gasteiger partial charge in [0, 0.05) is 0 Å². The molecule has 0 atom stereocenters. The van der Waals surface area contributed by atoms with Gasteiger partial charge in [-0.1, -0.05) is 12.1 Å². The van der Waals surface area contributed by atoms with Crippen molar-refractivity contribution in [3.8, 4) is 17.1 Å². The molecule has 2 aromatic heterocycles. The van der Waals surface area contributed by atoms with Gasteiger partial charge in [-0.15, -0.1) is 0 Å². The number of H-pyrrole nitrogens is 1. The summed E-state index contributed by atoms with van der Waals surface area (Å²) in [6, 6.07) is 11.9. The Labute approximate surface area is 135 Å². The zero-order valence-electron chi connectivity index (χ0n) is 12.7. The zero-order chi connectivity index (χ0) is 16.7. The Morgan fingerprint density at radius 2 is 1.92 bits per heavy atom. The van der Waals surface area contributed by atoms with E-state index < -0.39 is 0 Å². The fraction of sp³-hybridized carbons (Fsp3) is 0.0556. The second kappa shape index (κ2) is 5.34. The molecule has 118 valence electrons. The number of hydrogen-bond acceptors (Lipinski definition) is 5. The van der Waals surface area contributed by atoms with Crippen LogP contribution in [0, 0.1) is 0 Å². The van der Waals surface area contributed by atoms with Crippen molar-refractivity contribution in [2.45, 2.75) is 0 Å². The SMILES string of the molecule is COc1ccc2occ(-c3nc4ccccc4c(=O)[nH]3)c(=O)c2c1. The molecule has 0 spiro atoms. The van der Waals surface area contributed by atoms with Crippen LogP contribution in [0.25, 0.3) is 33.3 Å². The number of benzene rings is 2. The van der Waals surface area contributed by atoms with Crippen LogP contribution in [0.15, 0.2) is 62.7 Å². The van der Waals surface area contributed by atoms with Crippen LogP contribution >= 0.6 is 0 Å². The first kappa shape index (κ1) is 14.2. The lowest BCUT2D eigenvalue weighted by Gasteiger charge is -2.05. The van der Waals surface area contributed by atoms with Crippen molar-refractivity contribution >= 4 is 21.9 Å². The Hall–Kier alpha value is -3.41. The van der Waals surface area contributed by atoms with E-state index in [0.29, 0.717) is 27.6 Å². The summed E-state index contributed by atoms with van der Waals surface area (Å²) in [5.41, 5.74) is 0.557. The van der Waals surface area contributed by atoms with Gasteiger partial charge in [0.15, 0.2) is 0 Å².